The molecule has 0 radical (unpaired) electrons. The highest BCUT2D eigenvalue weighted by molar-refractivity contribution is 5.87. The van der Waals surface area contributed by atoms with Crippen LogP contribution in [0.2, 0.25) is 0 Å². The Hall–Kier alpha value is -3.02. The number of hydrogen-bond donors (Lipinski definition) is 3. The molecule has 2 aromatic rings. The van der Waals surface area contributed by atoms with E-state index in [0.717, 1.165) is 5.56 Å². The lowest BCUT2D eigenvalue weighted by molar-refractivity contribution is -0.123. The molecule has 120 valence electrons. The van der Waals surface area contributed by atoms with Gasteiger partial charge in [0.1, 0.15) is 17.2 Å². The minimum absolute atomic E-state index is 0.0346. The second-order valence-electron chi connectivity index (χ2n) is 5.09. The van der Waals surface area contributed by atoms with E-state index in [1.54, 1.807) is 19.1 Å². The predicted octanol–water partition coefficient (Wildman–Crippen LogP) is 2.24. The smallest absolute Gasteiger partial charge is 0.277 e. The maximum atomic E-state index is 11.6. The highest BCUT2D eigenvalue weighted by atomic mass is 16.5. The first-order valence-corrected chi connectivity index (χ1v) is 6.99. The number of nitrogens with zero attached hydrogens (tertiary/aromatic N) is 1. The van der Waals surface area contributed by atoms with E-state index < -0.39 is 5.91 Å². The van der Waals surface area contributed by atoms with Gasteiger partial charge in [0.2, 0.25) is 0 Å². The molecule has 6 heteroatoms. The summed E-state index contributed by atoms with van der Waals surface area (Å²) in [6.07, 6.45) is 1.31. The molecule has 0 heterocycles. The summed E-state index contributed by atoms with van der Waals surface area (Å²) in [5.41, 5.74) is 4.48. The summed E-state index contributed by atoms with van der Waals surface area (Å²) in [5, 5.41) is 22.8. The summed E-state index contributed by atoms with van der Waals surface area (Å²) in [4.78, 5) is 11.6. The molecule has 0 unspecified atom stereocenters. The molecule has 6 nitrogen and oxygen atoms in total. The maximum absolute atomic E-state index is 11.6. The number of ether oxygens (including phenoxy) is 1. The average Bonchev–Trinajstić information content (AvgIpc) is 2.49. The fourth-order valence-corrected chi connectivity index (χ4v) is 1.91. The summed E-state index contributed by atoms with van der Waals surface area (Å²) < 4.78 is 5.32. The third kappa shape index (κ3) is 4.74. The molecule has 3 N–H and O–H groups in total. The van der Waals surface area contributed by atoms with Crippen LogP contribution in [-0.2, 0) is 4.79 Å². The number of aryl methyl sites for hydroxylation is 2. The Morgan fingerprint density at radius 2 is 1.91 bits per heavy atom. The molecular formula is C17H18N2O4. The number of nitrogens with one attached hydrogen (secondary N) is 1. The standard InChI is InChI=1S/C17H18N2O4/c1-11-3-5-14(6-4-11)23-10-17(22)19-18-9-15-12(2)7-13(20)8-16(15)21/h3-9,20-21H,10H2,1-2H3,(H,19,22)/b18-9-. The van der Waals surface area contributed by atoms with Gasteiger partial charge in [-0.05, 0) is 37.6 Å². The van der Waals surface area contributed by atoms with E-state index in [9.17, 15) is 15.0 Å². The van der Waals surface area contributed by atoms with Gasteiger partial charge in [0.25, 0.3) is 5.91 Å². The Balaban J connectivity index is 1.88. The lowest BCUT2D eigenvalue weighted by atomic mass is 10.1. The first-order valence-electron chi connectivity index (χ1n) is 6.99. The number of amides is 1. The monoisotopic (exact) mass is 314 g/mol. The molecule has 0 aliphatic carbocycles. The zero-order chi connectivity index (χ0) is 16.8. The summed E-state index contributed by atoms with van der Waals surface area (Å²) in [7, 11) is 0. The number of carbonyl (C=O) groups excluding carboxylic acids is 1. The fourth-order valence-electron chi connectivity index (χ4n) is 1.91. The number of phenolic OH excluding ortho intramolecular Hbond substituents is 2. The molecule has 23 heavy (non-hydrogen) atoms. The molecule has 0 saturated heterocycles. The Kier molecular flexibility index (Phi) is 5.19. The Labute approximate surface area is 134 Å². The van der Waals surface area contributed by atoms with E-state index in [1.807, 2.05) is 19.1 Å². The van der Waals surface area contributed by atoms with Crippen molar-refractivity contribution in [3.8, 4) is 17.2 Å². The van der Waals surface area contributed by atoms with E-state index in [1.165, 1.54) is 18.3 Å². The zero-order valence-electron chi connectivity index (χ0n) is 12.9. The van der Waals surface area contributed by atoms with Gasteiger partial charge in [0.05, 0.1) is 6.21 Å². The van der Waals surface area contributed by atoms with Gasteiger partial charge in [-0.25, -0.2) is 5.43 Å². The molecule has 0 aliphatic heterocycles. The summed E-state index contributed by atoms with van der Waals surface area (Å²) in [6.45, 7) is 3.51. The minimum Gasteiger partial charge on any atom is -0.508 e. The first kappa shape index (κ1) is 16.4. The third-order valence-corrected chi connectivity index (χ3v) is 3.12. The summed E-state index contributed by atoms with van der Waals surface area (Å²) in [5.74, 6) is 0.0311. The van der Waals surface area contributed by atoms with Crippen molar-refractivity contribution < 1.29 is 19.7 Å². The molecule has 0 aliphatic rings. The van der Waals surface area contributed by atoms with Crippen molar-refractivity contribution >= 4 is 12.1 Å². The molecule has 0 spiro atoms. The highest BCUT2D eigenvalue weighted by Gasteiger charge is 2.05. The summed E-state index contributed by atoms with van der Waals surface area (Å²) in [6, 6.07) is 10.0. The average molecular weight is 314 g/mol. The number of benzene rings is 2. The van der Waals surface area contributed by atoms with Crippen LogP contribution in [0.3, 0.4) is 0 Å². The first-order chi connectivity index (χ1) is 11.0. The van der Waals surface area contributed by atoms with Crippen molar-refractivity contribution in [1.82, 2.24) is 5.43 Å². The molecule has 2 aromatic carbocycles. The van der Waals surface area contributed by atoms with E-state index >= 15 is 0 Å². The molecule has 1 amide bonds. The topological polar surface area (TPSA) is 91.2 Å². The summed E-state index contributed by atoms with van der Waals surface area (Å²) >= 11 is 0. The van der Waals surface area contributed by atoms with E-state index in [-0.39, 0.29) is 18.1 Å². The Morgan fingerprint density at radius 3 is 2.57 bits per heavy atom. The molecule has 0 fully saturated rings. The second kappa shape index (κ2) is 7.31. The van der Waals surface area contributed by atoms with Crippen molar-refractivity contribution in [3.05, 3.63) is 53.1 Å². The van der Waals surface area contributed by atoms with Crippen LogP contribution in [0.15, 0.2) is 41.5 Å². The van der Waals surface area contributed by atoms with Crippen LogP contribution in [0, 0.1) is 13.8 Å². The number of hydrogen-bond acceptors (Lipinski definition) is 5. The van der Waals surface area contributed by atoms with E-state index in [4.69, 9.17) is 4.74 Å². The molecule has 0 saturated carbocycles. The van der Waals surface area contributed by atoms with E-state index in [2.05, 4.69) is 10.5 Å². The number of rotatable bonds is 5. The molecule has 0 bridgehead atoms. The van der Waals surface area contributed by atoms with Gasteiger partial charge in [-0.2, -0.15) is 5.10 Å². The van der Waals surface area contributed by atoms with Crippen LogP contribution < -0.4 is 10.2 Å². The van der Waals surface area contributed by atoms with Crippen LogP contribution in [0.1, 0.15) is 16.7 Å². The lowest BCUT2D eigenvalue weighted by Gasteiger charge is -2.06. The number of aromatic hydroxyl groups is 2. The van der Waals surface area contributed by atoms with Crippen molar-refractivity contribution in [3.63, 3.8) is 0 Å². The fraction of sp³-hybridized carbons (Fsp3) is 0.176. The van der Waals surface area contributed by atoms with Crippen LogP contribution >= 0.6 is 0 Å². The largest absolute Gasteiger partial charge is 0.508 e. The maximum Gasteiger partial charge on any atom is 0.277 e. The van der Waals surface area contributed by atoms with Crippen molar-refractivity contribution in [1.29, 1.82) is 0 Å². The lowest BCUT2D eigenvalue weighted by Crippen LogP contribution is -2.24. The number of carbonyl (C=O) groups is 1. The van der Waals surface area contributed by atoms with Crippen LogP contribution in [-0.4, -0.2) is 28.9 Å². The Bertz CT molecular complexity index is 701. The van der Waals surface area contributed by atoms with Gasteiger partial charge in [-0.15, -0.1) is 0 Å². The SMILES string of the molecule is Cc1ccc(OCC(=O)N/N=C\c2c(C)cc(O)cc2O)cc1. The predicted molar refractivity (Wildman–Crippen MR) is 86.9 cm³/mol. The number of hydrazone groups is 1. The van der Waals surface area contributed by atoms with Crippen molar-refractivity contribution in [2.24, 2.45) is 5.10 Å². The zero-order valence-corrected chi connectivity index (χ0v) is 12.9. The van der Waals surface area contributed by atoms with Crippen LogP contribution in [0.4, 0.5) is 0 Å². The van der Waals surface area contributed by atoms with E-state index in [0.29, 0.717) is 16.9 Å². The second-order valence-corrected chi connectivity index (χ2v) is 5.09. The van der Waals surface area contributed by atoms with Gasteiger partial charge in [-0.3, -0.25) is 4.79 Å². The molecular weight excluding hydrogens is 296 g/mol. The molecule has 2 rings (SSSR count). The van der Waals surface area contributed by atoms with Crippen molar-refractivity contribution in [2.45, 2.75) is 13.8 Å². The number of phenols is 2. The van der Waals surface area contributed by atoms with Crippen LogP contribution in [0.5, 0.6) is 17.2 Å². The van der Waals surface area contributed by atoms with Gasteiger partial charge < -0.3 is 14.9 Å². The quantitative estimate of drug-likeness (QED) is 0.583. The van der Waals surface area contributed by atoms with Crippen LogP contribution in [0.25, 0.3) is 0 Å². The normalized spacial score (nSPS) is 10.7. The minimum atomic E-state index is -0.419. The molecule has 0 atom stereocenters. The van der Waals surface area contributed by atoms with Gasteiger partial charge >= 0.3 is 0 Å². The van der Waals surface area contributed by atoms with Gasteiger partial charge in [0, 0.05) is 11.6 Å². The highest BCUT2D eigenvalue weighted by Crippen LogP contribution is 2.24. The Morgan fingerprint density at radius 1 is 1.22 bits per heavy atom. The third-order valence-electron chi connectivity index (χ3n) is 3.12. The van der Waals surface area contributed by atoms with Gasteiger partial charge in [0.15, 0.2) is 6.61 Å². The molecule has 0 aromatic heterocycles. The van der Waals surface area contributed by atoms with Gasteiger partial charge in [-0.1, -0.05) is 17.7 Å². The van der Waals surface area contributed by atoms with Crippen molar-refractivity contribution in [2.75, 3.05) is 6.61 Å².